The van der Waals surface area contributed by atoms with E-state index < -0.39 is 0 Å². The molecule has 5 rings (SSSR count). The van der Waals surface area contributed by atoms with Gasteiger partial charge in [0.1, 0.15) is 0 Å². The topological polar surface area (TPSA) is 0 Å². The summed E-state index contributed by atoms with van der Waals surface area (Å²) in [6.07, 6.45) is 0. The summed E-state index contributed by atoms with van der Waals surface area (Å²) in [4.78, 5) is 0. The highest BCUT2D eigenvalue weighted by Crippen LogP contribution is 2.43. The Bertz CT molecular complexity index is 1440. The maximum atomic E-state index is 2.41. The number of aryl methyl sites for hydroxylation is 4. The highest BCUT2D eigenvalue weighted by atomic mass is 14.2. The van der Waals surface area contributed by atoms with Crippen molar-refractivity contribution in [2.24, 2.45) is 0 Å². The summed E-state index contributed by atoms with van der Waals surface area (Å²) in [5.41, 5.74) is 16.4. The molecular formula is C34H34. The smallest absolute Gasteiger partial charge is 0.00926 e. The monoisotopic (exact) mass is 442 g/mol. The molecule has 0 saturated heterocycles. The van der Waals surface area contributed by atoms with Crippen molar-refractivity contribution >= 4 is 21.5 Å². The summed E-state index contributed by atoms with van der Waals surface area (Å²) in [5, 5.41) is 5.26. The lowest BCUT2D eigenvalue weighted by molar-refractivity contribution is 1.24. The van der Waals surface area contributed by atoms with Crippen LogP contribution >= 0.6 is 0 Å². The van der Waals surface area contributed by atoms with Gasteiger partial charge in [0.2, 0.25) is 0 Å². The number of hydrogen-bond acceptors (Lipinski definition) is 0. The van der Waals surface area contributed by atoms with Crippen LogP contribution in [0.25, 0.3) is 43.8 Å². The van der Waals surface area contributed by atoms with Gasteiger partial charge in [-0.3, -0.25) is 0 Å². The lowest BCUT2D eigenvalue weighted by atomic mass is 9.82. The number of fused-ring (bicyclic) bond motifs is 2. The fraction of sp³-hybridized carbons (Fsp3) is 0.235. The largest absolute Gasteiger partial charge is 0.0616 e. The molecule has 0 fully saturated rings. The second-order valence-corrected chi connectivity index (χ2v) is 10.2. The average Bonchev–Trinajstić information content (AvgIpc) is 2.81. The van der Waals surface area contributed by atoms with E-state index in [1.807, 2.05) is 0 Å². The summed E-state index contributed by atoms with van der Waals surface area (Å²) < 4.78 is 0. The molecule has 0 aromatic heterocycles. The normalized spacial score (nSPS) is 11.5. The van der Waals surface area contributed by atoms with Crippen LogP contribution in [0, 0.1) is 55.4 Å². The molecule has 0 amide bonds. The summed E-state index contributed by atoms with van der Waals surface area (Å²) in [6, 6.07) is 23.0. The van der Waals surface area contributed by atoms with E-state index in [0.29, 0.717) is 0 Å². The van der Waals surface area contributed by atoms with Crippen LogP contribution in [0.15, 0.2) is 60.7 Å². The van der Waals surface area contributed by atoms with Crippen LogP contribution in [-0.2, 0) is 0 Å². The first-order chi connectivity index (χ1) is 16.2. The molecule has 0 heterocycles. The summed E-state index contributed by atoms with van der Waals surface area (Å²) in [6.45, 7) is 18.0. The first-order valence-electron chi connectivity index (χ1n) is 12.3. The van der Waals surface area contributed by atoms with E-state index in [1.54, 1.807) is 0 Å². The van der Waals surface area contributed by atoms with Crippen molar-refractivity contribution in [2.45, 2.75) is 55.4 Å². The zero-order chi connectivity index (χ0) is 24.3. The summed E-state index contributed by atoms with van der Waals surface area (Å²) in [7, 11) is 0. The van der Waals surface area contributed by atoms with E-state index in [2.05, 4.69) is 116 Å². The molecule has 0 aliphatic heterocycles. The molecule has 0 N–H and O–H groups in total. The predicted molar refractivity (Wildman–Crippen MR) is 150 cm³/mol. The molecule has 0 unspecified atom stereocenters. The third-order valence-corrected chi connectivity index (χ3v) is 8.15. The van der Waals surface area contributed by atoms with E-state index in [1.165, 1.54) is 88.3 Å². The van der Waals surface area contributed by atoms with E-state index >= 15 is 0 Å². The molecule has 0 spiro atoms. The van der Waals surface area contributed by atoms with Crippen molar-refractivity contribution in [2.75, 3.05) is 0 Å². The van der Waals surface area contributed by atoms with Gasteiger partial charge < -0.3 is 0 Å². The second kappa shape index (κ2) is 8.13. The molecule has 0 heteroatoms. The van der Waals surface area contributed by atoms with Gasteiger partial charge in [-0.25, -0.2) is 0 Å². The molecule has 5 aromatic carbocycles. The fourth-order valence-electron chi connectivity index (χ4n) is 5.71. The number of rotatable bonds is 2. The Labute approximate surface area is 204 Å². The minimum Gasteiger partial charge on any atom is -0.0616 e. The Morgan fingerprint density at radius 1 is 0.382 bits per heavy atom. The van der Waals surface area contributed by atoms with E-state index in [0.717, 1.165) is 0 Å². The minimum absolute atomic E-state index is 1.29. The van der Waals surface area contributed by atoms with Gasteiger partial charge in [0.05, 0.1) is 0 Å². The van der Waals surface area contributed by atoms with Crippen molar-refractivity contribution in [3.05, 3.63) is 105 Å². The van der Waals surface area contributed by atoms with Gasteiger partial charge >= 0.3 is 0 Å². The standard InChI is InChI=1S/C34H34/c1-19-15-20(2)24(6)33(23(19)5)29-13-14-30(34-25(7)21(3)16-22(4)26(34)8)32-18-28-12-10-9-11-27(28)17-31(29)32/h9-18H,1-8H3. The van der Waals surface area contributed by atoms with Gasteiger partial charge in [0.25, 0.3) is 0 Å². The lowest BCUT2D eigenvalue weighted by Crippen LogP contribution is -1.99. The molecule has 170 valence electrons. The van der Waals surface area contributed by atoms with Gasteiger partial charge in [0.15, 0.2) is 0 Å². The van der Waals surface area contributed by atoms with Crippen molar-refractivity contribution in [1.82, 2.24) is 0 Å². The fourth-order valence-corrected chi connectivity index (χ4v) is 5.71. The average molecular weight is 443 g/mol. The van der Waals surface area contributed by atoms with Gasteiger partial charge in [-0.15, -0.1) is 0 Å². The number of hydrogen-bond donors (Lipinski definition) is 0. The van der Waals surface area contributed by atoms with Crippen molar-refractivity contribution in [1.29, 1.82) is 0 Å². The molecular weight excluding hydrogens is 408 g/mol. The summed E-state index contributed by atoms with van der Waals surface area (Å²) in [5.74, 6) is 0. The van der Waals surface area contributed by atoms with E-state index in [9.17, 15) is 0 Å². The molecule has 34 heavy (non-hydrogen) atoms. The van der Waals surface area contributed by atoms with Crippen LogP contribution in [0.2, 0.25) is 0 Å². The van der Waals surface area contributed by atoms with Crippen LogP contribution in [0.3, 0.4) is 0 Å². The highest BCUT2D eigenvalue weighted by molar-refractivity contribution is 6.12. The molecule has 0 bridgehead atoms. The zero-order valence-electron chi connectivity index (χ0n) is 21.8. The zero-order valence-corrected chi connectivity index (χ0v) is 21.8. The molecule has 0 saturated carbocycles. The van der Waals surface area contributed by atoms with Crippen LogP contribution in [0.4, 0.5) is 0 Å². The van der Waals surface area contributed by atoms with E-state index in [4.69, 9.17) is 0 Å². The quantitative estimate of drug-likeness (QED) is 0.239. The third kappa shape index (κ3) is 3.36. The van der Waals surface area contributed by atoms with Gasteiger partial charge in [-0.2, -0.15) is 0 Å². The predicted octanol–water partition coefficient (Wildman–Crippen LogP) is 9.79. The molecule has 0 aliphatic carbocycles. The van der Waals surface area contributed by atoms with Crippen LogP contribution in [0.5, 0.6) is 0 Å². The number of benzene rings is 5. The van der Waals surface area contributed by atoms with E-state index in [-0.39, 0.29) is 0 Å². The Morgan fingerprint density at radius 3 is 1.03 bits per heavy atom. The minimum atomic E-state index is 1.29. The maximum absolute atomic E-state index is 2.41. The second-order valence-electron chi connectivity index (χ2n) is 10.2. The maximum Gasteiger partial charge on any atom is -0.00926 e. The van der Waals surface area contributed by atoms with Gasteiger partial charge in [-0.1, -0.05) is 48.5 Å². The Balaban J connectivity index is 1.97. The first-order valence-corrected chi connectivity index (χ1v) is 12.3. The lowest BCUT2D eigenvalue weighted by Gasteiger charge is -2.21. The first kappa shape index (κ1) is 22.4. The van der Waals surface area contributed by atoms with Crippen LogP contribution < -0.4 is 0 Å². The van der Waals surface area contributed by atoms with Crippen LogP contribution in [-0.4, -0.2) is 0 Å². The Kier molecular flexibility index (Phi) is 5.36. The van der Waals surface area contributed by atoms with Crippen LogP contribution in [0.1, 0.15) is 44.5 Å². The van der Waals surface area contributed by atoms with Gasteiger partial charge in [-0.05, 0) is 156 Å². The highest BCUT2D eigenvalue weighted by Gasteiger charge is 2.18. The van der Waals surface area contributed by atoms with Crippen molar-refractivity contribution < 1.29 is 0 Å². The Morgan fingerprint density at radius 2 is 0.706 bits per heavy atom. The SMILES string of the molecule is Cc1cc(C)c(C)c(-c2ccc(-c3c(C)c(C)cc(C)c3C)c3cc4ccccc4cc23)c1C. The molecule has 0 nitrogen and oxygen atoms in total. The van der Waals surface area contributed by atoms with Crippen molar-refractivity contribution in [3.8, 4) is 22.3 Å². The van der Waals surface area contributed by atoms with Gasteiger partial charge in [0, 0.05) is 0 Å². The molecule has 0 radical (unpaired) electrons. The molecule has 0 aliphatic rings. The van der Waals surface area contributed by atoms with Crippen molar-refractivity contribution in [3.63, 3.8) is 0 Å². The molecule has 0 atom stereocenters. The Hall–Kier alpha value is -3.38. The third-order valence-electron chi connectivity index (χ3n) is 8.15. The molecule has 5 aromatic rings. The summed E-state index contributed by atoms with van der Waals surface area (Å²) >= 11 is 0.